The van der Waals surface area contributed by atoms with Crippen molar-refractivity contribution in [1.82, 2.24) is 4.98 Å². The van der Waals surface area contributed by atoms with Crippen LogP contribution in [-0.4, -0.2) is 12.1 Å². The van der Waals surface area contributed by atoms with Crippen LogP contribution in [0, 0.1) is 0 Å². The van der Waals surface area contributed by atoms with E-state index in [1.54, 1.807) is 13.2 Å². The SMILES string of the molecule is COc1cccc2c1[nH]c1c3ccccc3oc(=O)c21. The van der Waals surface area contributed by atoms with Gasteiger partial charge < -0.3 is 14.1 Å². The lowest BCUT2D eigenvalue weighted by molar-refractivity contribution is 0.419. The monoisotopic (exact) mass is 265 g/mol. The molecule has 2 aromatic carbocycles. The summed E-state index contributed by atoms with van der Waals surface area (Å²) in [4.78, 5) is 15.5. The second-order valence-corrected chi connectivity index (χ2v) is 4.64. The third-order valence-electron chi connectivity index (χ3n) is 3.58. The Morgan fingerprint density at radius 2 is 1.80 bits per heavy atom. The Hall–Kier alpha value is -2.75. The predicted molar refractivity (Wildman–Crippen MR) is 78.4 cm³/mol. The largest absolute Gasteiger partial charge is 0.495 e. The van der Waals surface area contributed by atoms with Crippen LogP contribution in [0.15, 0.2) is 51.7 Å². The molecule has 0 aliphatic rings. The van der Waals surface area contributed by atoms with Gasteiger partial charge in [-0.05, 0) is 18.2 Å². The summed E-state index contributed by atoms with van der Waals surface area (Å²) in [7, 11) is 1.61. The first-order chi connectivity index (χ1) is 9.79. The van der Waals surface area contributed by atoms with E-state index in [2.05, 4.69) is 4.98 Å². The Labute approximate surface area is 113 Å². The van der Waals surface area contributed by atoms with Gasteiger partial charge in [-0.1, -0.05) is 24.3 Å². The van der Waals surface area contributed by atoms with Crippen molar-refractivity contribution in [3.8, 4) is 5.75 Å². The van der Waals surface area contributed by atoms with Crippen LogP contribution in [0.25, 0.3) is 32.8 Å². The lowest BCUT2D eigenvalue weighted by Gasteiger charge is -1.99. The normalized spacial score (nSPS) is 11.4. The van der Waals surface area contributed by atoms with Crippen LogP contribution in [0.5, 0.6) is 5.75 Å². The minimum atomic E-state index is -0.335. The number of aromatic nitrogens is 1. The van der Waals surface area contributed by atoms with E-state index < -0.39 is 0 Å². The van der Waals surface area contributed by atoms with Crippen molar-refractivity contribution in [1.29, 1.82) is 0 Å². The molecule has 0 unspecified atom stereocenters. The van der Waals surface area contributed by atoms with Gasteiger partial charge in [0.05, 0.1) is 23.5 Å². The quantitative estimate of drug-likeness (QED) is 0.536. The van der Waals surface area contributed by atoms with E-state index in [0.717, 1.165) is 21.8 Å². The number of ether oxygens (including phenoxy) is 1. The third-order valence-corrected chi connectivity index (χ3v) is 3.58. The summed E-state index contributed by atoms with van der Waals surface area (Å²) in [5.41, 5.74) is 1.85. The summed E-state index contributed by atoms with van der Waals surface area (Å²) in [6, 6.07) is 13.1. The Balaban J connectivity index is 2.35. The highest BCUT2D eigenvalue weighted by Crippen LogP contribution is 2.32. The molecule has 0 radical (unpaired) electrons. The van der Waals surface area contributed by atoms with E-state index in [1.165, 1.54) is 0 Å². The molecule has 0 saturated carbocycles. The number of fused-ring (bicyclic) bond motifs is 5. The summed E-state index contributed by atoms with van der Waals surface area (Å²) < 4.78 is 10.7. The fourth-order valence-corrected chi connectivity index (χ4v) is 2.69. The molecule has 4 rings (SSSR count). The summed E-state index contributed by atoms with van der Waals surface area (Å²) >= 11 is 0. The molecular formula is C16H11NO3. The molecule has 1 N–H and O–H groups in total. The number of rotatable bonds is 1. The maximum Gasteiger partial charge on any atom is 0.346 e. The number of methoxy groups -OCH3 is 1. The maximum absolute atomic E-state index is 12.2. The zero-order valence-corrected chi connectivity index (χ0v) is 10.8. The highest BCUT2D eigenvalue weighted by atomic mass is 16.5. The van der Waals surface area contributed by atoms with Crippen LogP contribution in [0.1, 0.15) is 0 Å². The van der Waals surface area contributed by atoms with E-state index in [4.69, 9.17) is 9.15 Å². The summed E-state index contributed by atoms with van der Waals surface area (Å²) in [6.07, 6.45) is 0. The fourth-order valence-electron chi connectivity index (χ4n) is 2.69. The van der Waals surface area contributed by atoms with E-state index in [9.17, 15) is 4.79 Å². The highest BCUT2D eigenvalue weighted by Gasteiger charge is 2.15. The molecule has 0 aliphatic heterocycles. The number of H-pyrrole nitrogens is 1. The first kappa shape index (κ1) is 11.1. The van der Waals surface area contributed by atoms with Gasteiger partial charge in [-0.25, -0.2) is 4.79 Å². The van der Waals surface area contributed by atoms with Crippen molar-refractivity contribution >= 4 is 32.8 Å². The highest BCUT2D eigenvalue weighted by molar-refractivity contribution is 6.16. The molecule has 4 aromatic rings. The van der Waals surface area contributed by atoms with Gasteiger partial charge in [0.2, 0.25) is 0 Å². The molecule has 0 bridgehead atoms. The Morgan fingerprint density at radius 1 is 1.00 bits per heavy atom. The van der Waals surface area contributed by atoms with Crippen molar-refractivity contribution in [3.63, 3.8) is 0 Å². The van der Waals surface area contributed by atoms with Crippen molar-refractivity contribution in [3.05, 3.63) is 52.9 Å². The summed E-state index contributed by atoms with van der Waals surface area (Å²) in [5, 5.41) is 2.27. The molecule has 0 atom stereocenters. The molecule has 0 saturated heterocycles. The average molecular weight is 265 g/mol. The topological polar surface area (TPSA) is 55.2 Å². The number of hydrogen-bond donors (Lipinski definition) is 1. The maximum atomic E-state index is 12.2. The Bertz CT molecular complexity index is 1010. The molecule has 2 aromatic heterocycles. The van der Waals surface area contributed by atoms with Crippen LogP contribution in [0.2, 0.25) is 0 Å². The second kappa shape index (κ2) is 3.87. The van der Waals surface area contributed by atoms with Gasteiger partial charge >= 0.3 is 5.63 Å². The smallest absolute Gasteiger partial charge is 0.346 e. The van der Waals surface area contributed by atoms with Gasteiger partial charge in [-0.2, -0.15) is 0 Å². The Morgan fingerprint density at radius 3 is 2.65 bits per heavy atom. The molecule has 0 fully saturated rings. The zero-order chi connectivity index (χ0) is 13.7. The standard InChI is InChI=1S/C16H11NO3/c1-19-12-8-4-6-10-13-15(17-14(10)12)9-5-2-3-7-11(9)20-16(13)18/h2-8,17H,1H3. The third kappa shape index (κ3) is 1.33. The van der Waals surface area contributed by atoms with Crippen molar-refractivity contribution < 1.29 is 9.15 Å². The van der Waals surface area contributed by atoms with Gasteiger partial charge in [0.1, 0.15) is 11.3 Å². The molecule has 4 heteroatoms. The van der Waals surface area contributed by atoms with E-state index in [1.807, 2.05) is 36.4 Å². The predicted octanol–water partition coefficient (Wildman–Crippen LogP) is 3.44. The molecule has 98 valence electrons. The van der Waals surface area contributed by atoms with Crippen LogP contribution in [0.3, 0.4) is 0 Å². The summed E-state index contributed by atoms with van der Waals surface area (Å²) in [6.45, 7) is 0. The number of nitrogens with one attached hydrogen (secondary N) is 1. The minimum Gasteiger partial charge on any atom is -0.495 e. The van der Waals surface area contributed by atoms with Gasteiger partial charge in [0, 0.05) is 10.8 Å². The molecule has 2 heterocycles. The lowest BCUT2D eigenvalue weighted by Crippen LogP contribution is -1.98. The van der Waals surface area contributed by atoms with Crippen molar-refractivity contribution in [2.45, 2.75) is 0 Å². The first-order valence-corrected chi connectivity index (χ1v) is 6.30. The molecule has 0 amide bonds. The first-order valence-electron chi connectivity index (χ1n) is 6.30. The zero-order valence-electron chi connectivity index (χ0n) is 10.8. The fraction of sp³-hybridized carbons (Fsp3) is 0.0625. The molecule has 20 heavy (non-hydrogen) atoms. The van der Waals surface area contributed by atoms with Crippen LogP contribution >= 0.6 is 0 Å². The van der Waals surface area contributed by atoms with E-state index in [-0.39, 0.29) is 5.63 Å². The number of hydrogen-bond acceptors (Lipinski definition) is 3. The van der Waals surface area contributed by atoms with Crippen LogP contribution < -0.4 is 10.4 Å². The van der Waals surface area contributed by atoms with E-state index >= 15 is 0 Å². The number of benzene rings is 2. The Kier molecular flexibility index (Phi) is 2.15. The van der Waals surface area contributed by atoms with E-state index in [0.29, 0.717) is 16.7 Å². The van der Waals surface area contributed by atoms with Gasteiger partial charge in [0.15, 0.2) is 0 Å². The van der Waals surface area contributed by atoms with Crippen molar-refractivity contribution in [2.75, 3.05) is 7.11 Å². The summed E-state index contributed by atoms with van der Waals surface area (Å²) in [5.74, 6) is 0.710. The molecule has 0 aliphatic carbocycles. The number of aromatic amines is 1. The molecular weight excluding hydrogens is 254 g/mol. The lowest BCUT2D eigenvalue weighted by atomic mass is 10.1. The van der Waals surface area contributed by atoms with Gasteiger partial charge in [-0.3, -0.25) is 0 Å². The molecule has 0 spiro atoms. The average Bonchev–Trinajstić information content (AvgIpc) is 2.87. The van der Waals surface area contributed by atoms with Crippen molar-refractivity contribution in [2.24, 2.45) is 0 Å². The van der Waals surface area contributed by atoms with Gasteiger partial charge in [-0.15, -0.1) is 0 Å². The van der Waals surface area contributed by atoms with Crippen LogP contribution in [-0.2, 0) is 0 Å². The van der Waals surface area contributed by atoms with Gasteiger partial charge in [0.25, 0.3) is 0 Å². The minimum absolute atomic E-state index is 0.335. The van der Waals surface area contributed by atoms with Crippen LogP contribution in [0.4, 0.5) is 0 Å². The number of para-hydroxylation sites is 2. The second-order valence-electron chi connectivity index (χ2n) is 4.64. The molecule has 4 nitrogen and oxygen atoms in total.